The summed E-state index contributed by atoms with van der Waals surface area (Å²) in [5.41, 5.74) is 14.9. The maximum Gasteiger partial charge on any atom is 0.138 e. The van der Waals surface area contributed by atoms with Crippen molar-refractivity contribution in [1.29, 1.82) is 0 Å². The smallest absolute Gasteiger partial charge is 0.138 e. The Kier molecular flexibility index (Phi) is 7.15. The third-order valence-corrected chi connectivity index (χ3v) is 6.88. The lowest BCUT2D eigenvalue weighted by Gasteiger charge is -2.16. The van der Waals surface area contributed by atoms with Crippen LogP contribution in [-0.4, -0.2) is 27.8 Å². The van der Waals surface area contributed by atoms with Crippen LogP contribution >= 0.6 is 0 Å². The van der Waals surface area contributed by atoms with Gasteiger partial charge >= 0.3 is 0 Å². The number of H-pyrrole nitrogens is 1. The van der Waals surface area contributed by atoms with E-state index in [1.807, 2.05) is 42.5 Å². The molecule has 0 aliphatic rings. The van der Waals surface area contributed by atoms with Crippen molar-refractivity contribution in [3.05, 3.63) is 138 Å². The highest BCUT2D eigenvalue weighted by Gasteiger charge is 2.15. The van der Waals surface area contributed by atoms with Crippen molar-refractivity contribution < 1.29 is 4.74 Å². The van der Waals surface area contributed by atoms with Crippen LogP contribution in [0.1, 0.15) is 16.8 Å². The van der Waals surface area contributed by atoms with Crippen LogP contribution in [0.4, 0.5) is 0 Å². The number of aromatic nitrogens is 3. The van der Waals surface area contributed by atoms with Gasteiger partial charge in [0.25, 0.3) is 0 Å². The molecule has 0 bridgehead atoms. The normalized spacial score (nSPS) is 11.9. The second-order valence-corrected chi connectivity index (χ2v) is 9.79. The number of benzene rings is 4. The predicted octanol–water partition coefficient (Wildman–Crippen LogP) is 6.83. The molecule has 0 amide bonds. The molecular weight excluding hydrogens is 480 g/mol. The molecule has 3 N–H and O–H groups in total. The van der Waals surface area contributed by atoms with Crippen molar-refractivity contribution >= 4 is 10.9 Å². The van der Waals surface area contributed by atoms with Gasteiger partial charge < -0.3 is 10.5 Å². The van der Waals surface area contributed by atoms with Crippen LogP contribution < -0.4 is 10.5 Å². The third-order valence-electron chi connectivity index (χ3n) is 6.88. The Hall–Kier alpha value is -4.74. The van der Waals surface area contributed by atoms with E-state index >= 15 is 0 Å². The van der Waals surface area contributed by atoms with Gasteiger partial charge in [-0.15, -0.1) is 0 Å². The van der Waals surface area contributed by atoms with E-state index in [-0.39, 0.29) is 6.04 Å². The summed E-state index contributed by atoms with van der Waals surface area (Å²) in [4.78, 5) is 4.86. The summed E-state index contributed by atoms with van der Waals surface area (Å²) in [5.74, 6) is 0.699. The number of fused-ring (bicyclic) bond motifs is 1. The van der Waals surface area contributed by atoms with Gasteiger partial charge in [0.05, 0.1) is 17.4 Å². The third kappa shape index (κ3) is 5.74. The van der Waals surface area contributed by atoms with Crippen molar-refractivity contribution in [3.63, 3.8) is 0 Å². The maximum absolute atomic E-state index is 6.40. The number of rotatable bonds is 9. The fourth-order valence-electron chi connectivity index (χ4n) is 4.92. The van der Waals surface area contributed by atoms with Gasteiger partial charge in [-0.1, -0.05) is 97.1 Å². The van der Waals surface area contributed by atoms with E-state index in [0.29, 0.717) is 12.4 Å². The van der Waals surface area contributed by atoms with Crippen molar-refractivity contribution in [2.24, 2.45) is 5.73 Å². The average Bonchev–Trinajstić information content (AvgIpc) is 3.39. The highest BCUT2D eigenvalue weighted by Crippen LogP contribution is 2.35. The minimum absolute atomic E-state index is 0.118. The first-order valence-corrected chi connectivity index (χ1v) is 13.2. The first-order chi connectivity index (χ1) is 19.2. The van der Waals surface area contributed by atoms with Gasteiger partial charge in [0.1, 0.15) is 12.4 Å². The van der Waals surface area contributed by atoms with Gasteiger partial charge in [-0.25, -0.2) is 0 Å². The van der Waals surface area contributed by atoms with Gasteiger partial charge in [0, 0.05) is 34.7 Å². The topological polar surface area (TPSA) is 76.8 Å². The zero-order valence-electron chi connectivity index (χ0n) is 21.6. The molecular formula is C34H30N4O. The Morgan fingerprint density at radius 1 is 0.744 bits per heavy atom. The highest BCUT2D eigenvalue weighted by molar-refractivity contribution is 5.90. The molecule has 0 spiro atoms. The summed E-state index contributed by atoms with van der Waals surface area (Å²) in [5, 5.41) is 8.90. The molecule has 39 heavy (non-hydrogen) atoms. The SMILES string of the molecule is N[C@H](COc1cnc(-c2ccccc2)c(-c2ccc3n[nH]c(Cc4ccccc4)c3c2)c1)Cc1ccccc1. The second kappa shape index (κ2) is 11.3. The summed E-state index contributed by atoms with van der Waals surface area (Å²) in [6.07, 6.45) is 3.33. The summed E-state index contributed by atoms with van der Waals surface area (Å²) < 4.78 is 6.16. The van der Waals surface area contributed by atoms with E-state index in [1.54, 1.807) is 6.20 Å². The zero-order valence-corrected chi connectivity index (χ0v) is 21.6. The zero-order chi connectivity index (χ0) is 26.4. The van der Waals surface area contributed by atoms with Crippen molar-refractivity contribution in [2.75, 3.05) is 6.61 Å². The van der Waals surface area contributed by atoms with E-state index < -0.39 is 0 Å². The lowest BCUT2D eigenvalue weighted by atomic mass is 9.97. The molecule has 4 aromatic carbocycles. The van der Waals surface area contributed by atoms with Crippen LogP contribution in [0.3, 0.4) is 0 Å². The molecule has 0 saturated carbocycles. The van der Waals surface area contributed by atoms with Crippen LogP contribution in [0.15, 0.2) is 121 Å². The van der Waals surface area contributed by atoms with E-state index in [0.717, 1.165) is 51.8 Å². The number of nitrogens with one attached hydrogen (secondary N) is 1. The number of ether oxygens (including phenoxy) is 1. The summed E-state index contributed by atoms with van der Waals surface area (Å²) in [7, 11) is 0. The summed E-state index contributed by atoms with van der Waals surface area (Å²) in [6.45, 7) is 0.405. The van der Waals surface area contributed by atoms with Crippen LogP contribution in [0.2, 0.25) is 0 Å². The molecule has 6 aromatic rings. The molecule has 0 aliphatic heterocycles. The molecule has 5 heteroatoms. The average molecular weight is 511 g/mol. The number of hydrogen-bond acceptors (Lipinski definition) is 4. The second-order valence-electron chi connectivity index (χ2n) is 9.79. The van der Waals surface area contributed by atoms with E-state index in [4.69, 9.17) is 15.5 Å². The molecule has 5 nitrogen and oxygen atoms in total. The minimum Gasteiger partial charge on any atom is -0.490 e. The van der Waals surface area contributed by atoms with Gasteiger partial charge in [0.15, 0.2) is 0 Å². The molecule has 2 heterocycles. The molecule has 6 rings (SSSR count). The predicted molar refractivity (Wildman–Crippen MR) is 158 cm³/mol. The Morgan fingerprint density at radius 2 is 1.44 bits per heavy atom. The van der Waals surface area contributed by atoms with E-state index in [1.165, 1.54) is 11.1 Å². The van der Waals surface area contributed by atoms with Crippen LogP contribution in [-0.2, 0) is 12.8 Å². The monoisotopic (exact) mass is 510 g/mol. The number of nitrogens with zero attached hydrogens (tertiary/aromatic N) is 2. The molecule has 2 aromatic heterocycles. The fourth-order valence-corrected chi connectivity index (χ4v) is 4.92. The van der Waals surface area contributed by atoms with Crippen LogP contribution in [0.25, 0.3) is 33.3 Å². The molecule has 0 radical (unpaired) electrons. The first-order valence-electron chi connectivity index (χ1n) is 13.2. The van der Waals surface area contributed by atoms with Gasteiger partial charge in [0.2, 0.25) is 0 Å². The molecule has 0 aliphatic carbocycles. The van der Waals surface area contributed by atoms with Gasteiger partial charge in [-0.05, 0) is 41.3 Å². The van der Waals surface area contributed by atoms with Crippen molar-refractivity contribution in [1.82, 2.24) is 15.2 Å². The quantitative estimate of drug-likeness (QED) is 0.223. The fraction of sp³-hybridized carbons (Fsp3) is 0.118. The molecule has 0 saturated heterocycles. The summed E-state index contributed by atoms with van der Waals surface area (Å²) in [6, 6.07) is 39.3. The molecule has 192 valence electrons. The first kappa shape index (κ1) is 24.6. The number of hydrogen-bond donors (Lipinski definition) is 2. The maximum atomic E-state index is 6.40. The lowest BCUT2D eigenvalue weighted by Crippen LogP contribution is -2.30. The van der Waals surface area contributed by atoms with Crippen molar-refractivity contribution in [2.45, 2.75) is 18.9 Å². The summed E-state index contributed by atoms with van der Waals surface area (Å²) >= 11 is 0. The van der Waals surface area contributed by atoms with Gasteiger partial charge in [-0.2, -0.15) is 5.10 Å². The van der Waals surface area contributed by atoms with Crippen LogP contribution in [0, 0.1) is 0 Å². The largest absolute Gasteiger partial charge is 0.490 e. The van der Waals surface area contributed by atoms with E-state index in [9.17, 15) is 0 Å². The molecule has 0 fully saturated rings. The standard InChI is InChI=1S/C34H30N4O/c35-28(18-24-10-4-1-5-11-24)23-39-29-21-30(34(36-22-29)26-14-8-3-9-15-26)27-16-17-32-31(20-27)33(38-37-32)19-25-12-6-2-7-13-25/h1-17,20-22,28H,18-19,23,35H2,(H,37,38)/t28-/m0/s1. The Bertz CT molecular complexity index is 1660. The van der Waals surface area contributed by atoms with Gasteiger partial charge in [-0.3, -0.25) is 10.1 Å². The van der Waals surface area contributed by atoms with Crippen molar-refractivity contribution in [3.8, 4) is 28.1 Å². The molecule has 1 atom stereocenters. The number of aromatic amines is 1. The minimum atomic E-state index is -0.118. The Balaban J connectivity index is 1.32. The van der Waals surface area contributed by atoms with Crippen LogP contribution in [0.5, 0.6) is 5.75 Å². The highest BCUT2D eigenvalue weighted by atomic mass is 16.5. The molecule has 0 unspecified atom stereocenters. The number of pyridine rings is 1. The Morgan fingerprint density at radius 3 is 2.18 bits per heavy atom. The Labute approximate surface area is 228 Å². The number of nitrogens with two attached hydrogens (primary N) is 1. The van der Waals surface area contributed by atoms with E-state index in [2.05, 4.69) is 83.0 Å². The lowest BCUT2D eigenvalue weighted by molar-refractivity contribution is 0.287.